The second kappa shape index (κ2) is 7.29. The van der Waals surface area contributed by atoms with E-state index >= 15 is 0 Å². The molecule has 0 N–H and O–H groups in total. The molecule has 4 rings (SSSR count). The Bertz CT molecular complexity index is 929. The third kappa shape index (κ3) is 3.28. The first-order valence-corrected chi connectivity index (χ1v) is 11.7. The van der Waals surface area contributed by atoms with Crippen LogP contribution < -0.4 is 8.92 Å². The van der Waals surface area contributed by atoms with Crippen LogP contribution in [-0.4, -0.2) is 34.2 Å². The number of hydrogen-bond donors (Lipinski definition) is 0. The van der Waals surface area contributed by atoms with Crippen molar-refractivity contribution < 1.29 is 35.2 Å². The van der Waals surface area contributed by atoms with Crippen molar-refractivity contribution in [2.24, 2.45) is 17.3 Å². The van der Waals surface area contributed by atoms with Crippen molar-refractivity contribution in [3.63, 3.8) is 0 Å². The molecule has 5 nitrogen and oxygen atoms in total. The number of alkyl halides is 3. The lowest BCUT2D eigenvalue weighted by Gasteiger charge is -2.50. The first-order valence-electron chi connectivity index (χ1n) is 10.3. The zero-order chi connectivity index (χ0) is 21.9. The molecule has 9 heteroatoms. The van der Waals surface area contributed by atoms with Crippen molar-refractivity contribution in [1.29, 1.82) is 0 Å². The van der Waals surface area contributed by atoms with Gasteiger partial charge in [-0.25, -0.2) is 0 Å². The van der Waals surface area contributed by atoms with E-state index in [9.17, 15) is 21.6 Å². The summed E-state index contributed by atoms with van der Waals surface area (Å²) in [6.07, 6.45) is 6.03. The van der Waals surface area contributed by atoms with Crippen LogP contribution in [0, 0.1) is 17.3 Å². The van der Waals surface area contributed by atoms with E-state index in [1.165, 1.54) is 13.2 Å². The molecule has 1 aromatic rings. The first kappa shape index (κ1) is 21.7. The highest BCUT2D eigenvalue weighted by Gasteiger charge is 2.55. The minimum atomic E-state index is -5.76. The molecule has 1 aromatic carbocycles. The van der Waals surface area contributed by atoms with Gasteiger partial charge in [-0.15, -0.1) is 0 Å². The van der Waals surface area contributed by atoms with Crippen molar-refractivity contribution in [2.45, 2.75) is 63.0 Å². The summed E-state index contributed by atoms with van der Waals surface area (Å²) in [5, 5.41) is 0. The fourth-order valence-corrected chi connectivity index (χ4v) is 6.77. The molecule has 0 aromatic heterocycles. The maximum absolute atomic E-state index is 12.8. The van der Waals surface area contributed by atoms with Crippen molar-refractivity contribution >= 4 is 10.1 Å². The molecular formula is C21H27F3O5S. The molecule has 0 aliphatic heterocycles. The summed E-state index contributed by atoms with van der Waals surface area (Å²) in [4.78, 5) is 0. The monoisotopic (exact) mass is 448 g/mol. The van der Waals surface area contributed by atoms with E-state index in [4.69, 9.17) is 9.47 Å². The van der Waals surface area contributed by atoms with Gasteiger partial charge in [0.05, 0.1) is 13.2 Å². The summed E-state index contributed by atoms with van der Waals surface area (Å²) in [6.45, 7) is 2.32. The molecular weight excluding hydrogens is 421 g/mol. The summed E-state index contributed by atoms with van der Waals surface area (Å²) in [7, 11) is -2.68. The number of benzene rings is 1. The number of halogens is 3. The molecule has 3 unspecified atom stereocenters. The Kier molecular flexibility index (Phi) is 5.28. The van der Waals surface area contributed by atoms with Crippen LogP contribution in [0.25, 0.3) is 0 Å². The Balaban J connectivity index is 1.67. The molecule has 2 saturated carbocycles. The molecule has 3 aliphatic rings. The highest BCUT2D eigenvalue weighted by molar-refractivity contribution is 7.88. The van der Waals surface area contributed by atoms with Crippen LogP contribution >= 0.6 is 0 Å². The third-order valence-corrected chi connectivity index (χ3v) is 8.66. The summed E-state index contributed by atoms with van der Waals surface area (Å²) < 4.78 is 76.7. The van der Waals surface area contributed by atoms with Crippen LogP contribution in [0.2, 0.25) is 0 Å². The lowest BCUT2D eigenvalue weighted by molar-refractivity contribution is -0.0500. The number of methoxy groups -OCH3 is 2. The number of rotatable bonds is 4. The fourth-order valence-electron chi connectivity index (χ4n) is 6.31. The maximum Gasteiger partial charge on any atom is 0.534 e. The van der Waals surface area contributed by atoms with E-state index in [-0.39, 0.29) is 23.2 Å². The first-order chi connectivity index (χ1) is 14.0. The van der Waals surface area contributed by atoms with Gasteiger partial charge in [-0.2, -0.15) is 21.6 Å². The predicted octanol–water partition coefficient (Wildman–Crippen LogP) is 4.79. The van der Waals surface area contributed by atoms with Crippen LogP contribution in [-0.2, 0) is 21.3 Å². The second-order valence-corrected chi connectivity index (χ2v) is 10.5. The van der Waals surface area contributed by atoms with Crippen molar-refractivity contribution in [1.82, 2.24) is 0 Å². The standard InChI is InChI=1S/C21H27F3O5S/c1-20-9-8-13-14(16(20)6-7-19(20)28-3)5-4-12-10-18(17(27-2)11-15(12)13)29-30(25,26)21(22,23)24/h10-11,13-14,16,19H,4-9H2,1-3H3/t13?,14?,16?,19-,20-/m0/s1. The molecule has 30 heavy (non-hydrogen) atoms. The van der Waals surface area contributed by atoms with Crippen molar-refractivity contribution in [2.75, 3.05) is 14.2 Å². The summed E-state index contributed by atoms with van der Waals surface area (Å²) in [5.74, 6) is 0.906. The lowest BCUT2D eigenvalue weighted by atomic mass is 9.55. The number of fused-ring (bicyclic) bond motifs is 5. The van der Waals surface area contributed by atoms with Crippen LogP contribution in [0.15, 0.2) is 12.1 Å². The SMILES string of the molecule is COc1cc2c(cc1OS(=O)(=O)C(F)(F)F)CCC1C2CC[C@@]2(C)C1CC[C@@H]2OC. The van der Waals surface area contributed by atoms with Gasteiger partial charge < -0.3 is 13.7 Å². The van der Waals surface area contributed by atoms with Gasteiger partial charge in [0.15, 0.2) is 11.5 Å². The average molecular weight is 449 g/mol. The average Bonchev–Trinajstić information content (AvgIpc) is 3.02. The summed E-state index contributed by atoms with van der Waals surface area (Å²) in [6, 6.07) is 3.09. The van der Waals surface area contributed by atoms with Gasteiger partial charge in [-0.3, -0.25) is 0 Å². The highest BCUT2D eigenvalue weighted by atomic mass is 32.2. The quantitative estimate of drug-likeness (QED) is 0.489. The largest absolute Gasteiger partial charge is 0.534 e. The van der Waals surface area contributed by atoms with Crippen LogP contribution in [0.4, 0.5) is 13.2 Å². The Morgan fingerprint density at radius 1 is 1.07 bits per heavy atom. The lowest BCUT2D eigenvalue weighted by Crippen LogP contribution is -2.44. The van der Waals surface area contributed by atoms with Crippen molar-refractivity contribution in [3.8, 4) is 11.5 Å². The van der Waals surface area contributed by atoms with Crippen LogP contribution in [0.3, 0.4) is 0 Å². The van der Waals surface area contributed by atoms with E-state index in [0.29, 0.717) is 18.3 Å². The normalized spacial score (nSPS) is 33.4. The Hall–Kier alpha value is -1.48. The molecule has 0 radical (unpaired) electrons. The molecule has 168 valence electrons. The summed E-state index contributed by atoms with van der Waals surface area (Å²) in [5.41, 5.74) is -3.45. The van der Waals surface area contributed by atoms with Gasteiger partial charge in [0.25, 0.3) is 0 Å². The third-order valence-electron chi connectivity index (χ3n) is 7.69. The molecule has 3 aliphatic carbocycles. The Morgan fingerprint density at radius 2 is 1.80 bits per heavy atom. The van der Waals surface area contributed by atoms with Gasteiger partial charge in [0.2, 0.25) is 0 Å². The minimum Gasteiger partial charge on any atom is -0.493 e. The van der Waals surface area contributed by atoms with E-state index in [1.54, 1.807) is 13.2 Å². The van der Waals surface area contributed by atoms with Gasteiger partial charge >= 0.3 is 15.6 Å². The molecule has 0 amide bonds. The molecule has 0 heterocycles. The second-order valence-electron chi connectivity index (χ2n) is 8.95. The smallest absolute Gasteiger partial charge is 0.493 e. The molecule has 0 spiro atoms. The highest BCUT2D eigenvalue weighted by Crippen LogP contribution is 2.62. The van der Waals surface area contributed by atoms with Gasteiger partial charge in [-0.1, -0.05) is 6.92 Å². The minimum absolute atomic E-state index is 0.0109. The molecule has 5 atom stereocenters. The van der Waals surface area contributed by atoms with Gasteiger partial charge in [0.1, 0.15) is 0 Å². The van der Waals surface area contributed by atoms with E-state index < -0.39 is 21.4 Å². The molecule has 0 saturated heterocycles. The fraction of sp³-hybridized carbons (Fsp3) is 0.714. The van der Waals surface area contributed by atoms with Crippen molar-refractivity contribution in [3.05, 3.63) is 23.3 Å². The molecule has 2 fully saturated rings. The van der Waals surface area contributed by atoms with E-state index in [1.807, 2.05) is 0 Å². The Morgan fingerprint density at radius 3 is 2.43 bits per heavy atom. The number of ether oxygens (including phenoxy) is 2. The number of aryl methyl sites for hydroxylation is 1. The van der Waals surface area contributed by atoms with Gasteiger partial charge in [0, 0.05) is 7.11 Å². The number of hydrogen-bond acceptors (Lipinski definition) is 5. The maximum atomic E-state index is 12.8. The molecule has 0 bridgehead atoms. The van der Waals surface area contributed by atoms with E-state index in [2.05, 4.69) is 11.1 Å². The van der Waals surface area contributed by atoms with E-state index in [0.717, 1.165) is 43.2 Å². The van der Waals surface area contributed by atoms with Crippen LogP contribution in [0.1, 0.15) is 56.1 Å². The zero-order valence-electron chi connectivity index (χ0n) is 17.3. The summed E-state index contributed by atoms with van der Waals surface area (Å²) >= 11 is 0. The Labute approximate surface area is 175 Å². The zero-order valence-corrected chi connectivity index (χ0v) is 18.1. The topological polar surface area (TPSA) is 61.8 Å². The predicted molar refractivity (Wildman–Crippen MR) is 104 cm³/mol. The van der Waals surface area contributed by atoms with Crippen LogP contribution in [0.5, 0.6) is 11.5 Å². The van der Waals surface area contributed by atoms with Gasteiger partial charge in [-0.05, 0) is 85.0 Å².